The fourth-order valence-corrected chi connectivity index (χ4v) is 2.35. The van der Waals surface area contributed by atoms with Crippen LogP contribution in [0.5, 0.6) is 11.5 Å². The molecule has 0 spiro atoms. The fourth-order valence-electron chi connectivity index (χ4n) is 2.35. The SMILES string of the molecule is O=C(NN=Cc1cccc([N+](=O)[O-])c1)C(=O)Nc1ccc(Oc2ccccc2)cc1. The number of hydrogen-bond donors (Lipinski definition) is 2. The van der Waals surface area contributed by atoms with Crippen LogP contribution in [0.3, 0.4) is 0 Å². The van der Waals surface area contributed by atoms with Gasteiger partial charge in [-0.3, -0.25) is 19.7 Å². The summed E-state index contributed by atoms with van der Waals surface area (Å²) >= 11 is 0. The molecule has 0 bridgehead atoms. The minimum absolute atomic E-state index is 0.109. The van der Waals surface area contributed by atoms with Crippen molar-refractivity contribution >= 4 is 29.4 Å². The zero-order valence-electron chi connectivity index (χ0n) is 15.5. The molecule has 30 heavy (non-hydrogen) atoms. The Balaban J connectivity index is 1.52. The molecular formula is C21H16N4O5. The summed E-state index contributed by atoms with van der Waals surface area (Å²) in [5.74, 6) is -0.648. The second kappa shape index (κ2) is 9.60. The van der Waals surface area contributed by atoms with Crippen LogP contribution < -0.4 is 15.5 Å². The van der Waals surface area contributed by atoms with Crippen molar-refractivity contribution in [3.05, 3.63) is 94.5 Å². The Labute approximate surface area is 171 Å². The first-order chi connectivity index (χ1) is 14.5. The molecule has 2 amide bonds. The molecule has 2 N–H and O–H groups in total. The van der Waals surface area contributed by atoms with Crippen molar-refractivity contribution in [3.63, 3.8) is 0 Å². The van der Waals surface area contributed by atoms with E-state index >= 15 is 0 Å². The van der Waals surface area contributed by atoms with E-state index in [-0.39, 0.29) is 5.69 Å². The third-order valence-corrected chi connectivity index (χ3v) is 3.76. The summed E-state index contributed by atoms with van der Waals surface area (Å²) < 4.78 is 5.65. The van der Waals surface area contributed by atoms with Crippen molar-refractivity contribution in [1.82, 2.24) is 5.43 Å². The predicted molar refractivity (Wildman–Crippen MR) is 110 cm³/mol. The van der Waals surface area contributed by atoms with E-state index < -0.39 is 16.7 Å². The van der Waals surface area contributed by atoms with Gasteiger partial charge in [-0.05, 0) is 36.4 Å². The Hall–Kier alpha value is -4.53. The van der Waals surface area contributed by atoms with Crippen LogP contribution in [0.1, 0.15) is 5.56 Å². The number of carbonyl (C=O) groups is 2. The molecule has 0 aliphatic rings. The lowest BCUT2D eigenvalue weighted by Gasteiger charge is -2.07. The van der Waals surface area contributed by atoms with Gasteiger partial charge in [0.25, 0.3) is 5.69 Å². The molecule has 0 aliphatic heterocycles. The lowest BCUT2D eigenvalue weighted by atomic mass is 10.2. The number of nitrogens with one attached hydrogen (secondary N) is 2. The zero-order valence-corrected chi connectivity index (χ0v) is 15.5. The first kappa shape index (κ1) is 20.2. The fraction of sp³-hybridized carbons (Fsp3) is 0. The average Bonchev–Trinajstić information content (AvgIpc) is 2.76. The van der Waals surface area contributed by atoms with Crippen LogP contribution in [-0.2, 0) is 9.59 Å². The first-order valence-electron chi connectivity index (χ1n) is 8.73. The van der Waals surface area contributed by atoms with Crippen molar-refractivity contribution in [2.45, 2.75) is 0 Å². The number of hydrogen-bond acceptors (Lipinski definition) is 6. The number of nitro benzene ring substituents is 1. The third-order valence-electron chi connectivity index (χ3n) is 3.76. The Morgan fingerprint density at radius 3 is 2.30 bits per heavy atom. The van der Waals surface area contributed by atoms with Crippen molar-refractivity contribution in [2.75, 3.05) is 5.32 Å². The lowest BCUT2D eigenvalue weighted by molar-refractivity contribution is -0.384. The second-order valence-corrected chi connectivity index (χ2v) is 5.94. The summed E-state index contributed by atoms with van der Waals surface area (Å²) in [5, 5.41) is 16.8. The van der Waals surface area contributed by atoms with E-state index in [1.165, 1.54) is 24.4 Å². The van der Waals surface area contributed by atoms with Crippen LogP contribution in [0.4, 0.5) is 11.4 Å². The number of rotatable bonds is 6. The van der Waals surface area contributed by atoms with Crippen molar-refractivity contribution in [3.8, 4) is 11.5 Å². The monoisotopic (exact) mass is 404 g/mol. The summed E-state index contributed by atoms with van der Waals surface area (Å²) in [5.41, 5.74) is 2.76. The van der Waals surface area contributed by atoms with Crippen LogP contribution in [0.25, 0.3) is 0 Å². The van der Waals surface area contributed by atoms with Gasteiger partial charge in [0.1, 0.15) is 11.5 Å². The summed E-state index contributed by atoms with van der Waals surface area (Å²) in [6.07, 6.45) is 1.20. The van der Waals surface area contributed by atoms with Gasteiger partial charge in [0.05, 0.1) is 11.1 Å². The largest absolute Gasteiger partial charge is 0.457 e. The molecule has 150 valence electrons. The Bertz CT molecular complexity index is 1080. The van der Waals surface area contributed by atoms with Gasteiger partial charge < -0.3 is 10.1 Å². The normalized spacial score (nSPS) is 10.4. The van der Waals surface area contributed by atoms with Crippen LogP contribution in [0.2, 0.25) is 0 Å². The predicted octanol–water partition coefficient (Wildman–Crippen LogP) is 3.48. The lowest BCUT2D eigenvalue weighted by Crippen LogP contribution is -2.32. The quantitative estimate of drug-likeness (QED) is 0.282. The zero-order chi connectivity index (χ0) is 21.3. The number of hydrazone groups is 1. The molecule has 9 nitrogen and oxygen atoms in total. The minimum atomic E-state index is -0.985. The van der Waals surface area contributed by atoms with Crippen molar-refractivity contribution in [1.29, 1.82) is 0 Å². The topological polar surface area (TPSA) is 123 Å². The first-order valence-corrected chi connectivity index (χ1v) is 8.73. The van der Waals surface area contributed by atoms with Gasteiger partial charge in [0.15, 0.2) is 0 Å². The van der Waals surface area contributed by atoms with E-state index in [1.807, 2.05) is 30.3 Å². The Morgan fingerprint density at radius 2 is 1.60 bits per heavy atom. The summed E-state index contributed by atoms with van der Waals surface area (Å²) in [6, 6.07) is 21.4. The molecule has 0 unspecified atom stereocenters. The highest BCUT2D eigenvalue weighted by atomic mass is 16.6. The van der Waals surface area contributed by atoms with Crippen LogP contribution >= 0.6 is 0 Å². The molecule has 3 rings (SSSR count). The van der Waals surface area contributed by atoms with Gasteiger partial charge in [-0.25, -0.2) is 5.43 Å². The number of benzene rings is 3. The molecule has 0 heterocycles. The highest BCUT2D eigenvalue weighted by Crippen LogP contribution is 2.22. The van der Waals surface area contributed by atoms with Crippen LogP contribution in [0.15, 0.2) is 84.0 Å². The molecule has 0 aromatic heterocycles. The molecule has 3 aromatic carbocycles. The van der Waals surface area contributed by atoms with E-state index in [0.29, 0.717) is 22.7 Å². The Morgan fingerprint density at radius 1 is 0.900 bits per heavy atom. The van der Waals surface area contributed by atoms with Crippen molar-refractivity contribution in [2.24, 2.45) is 5.10 Å². The number of nitro groups is 1. The maximum absolute atomic E-state index is 12.0. The molecule has 0 saturated carbocycles. The number of nitrogens with zero attached hydrogens (tertiary/aromatic N) is 2. The van der Waals surface area contributed by atoms with E-state index in [0.717, 1.165) is 0 Å². The molecule has 0 aliphatic carbocycles. The third kappa shape index (κ3) is 5.73. The number of non-ortho nitro benzene ring substituents is 1. The second-order valence-electron chi connectivity index (χ2n) is 5.94. The van der Waals surface area contributed by atoms with E-state index in [9.17, 15) is 19.7 Å². The van der Waals surface area contributed by atoms with E-state index in [1.54, 1.807) is 30.3 Å². The highest BCUT2D eigenvalue weighted by molar-refractivity contribution is 6.39. The molecule has 0 fully saturated rings. The standard InChI is InChI=1S/C21H16N4O5/c26-20(21(27)24-22-14-15-5-4-6-17(13-15)25(28)29)23-16-9-11-19(12-10-16)30-18-7-2-1-3-8-18/h1-14H,(H,23,26)(H,24,27). The number of para-hydroxylation sites is 1. The van der Waals surface area contributed by atoms with Crippen LogP contribution in [0, 0.1) is 10.1 Å². The van der Waals surface area contributed by atoms with E-state index in [4.69, 9.17) is 4.74 Å². The maximum atomic E-state index is 12.0. The maximum Gasteiger partial charge on any atom is 0.329 e. The molecule has 0 atom stereocenters. The summed E-state index contributed by atoms with van der Waals surface area (Å²) in [7, 11) is 0. The van der Waals surface area contributed by atoms with Gasteiger partial charge in [-0.15, -0.1) is 0 Å². The van der Waals surface area contributed by atoms with E-state index in [2.05, 4.69) is 15.8 Å². The molecular weight excluding hydrogens is 388 g/mol. The summed E-state index contributed by atoms with van der Waals surface area (Å²) in [6.45, 7) is 0. The van der Waals surface area contributed by atoms with Gasteiger partial charge in [0, 0.05) is 23.4 Å². The van der Waals surface area contributed by atoms with Gasteiger partial charge >= 0.3 is 11.8 Å². The van der Waals surface area contributed by atoms with Gasteiger partial charge in [-0.2, -0.15) is 5.10 Å². The summed E-state index contributed by atoms with van der Waals surface area (Å²) in [4.78, 5) is 34.0. The van der Waals surface area contributed by atoms with Gasteiger partial charge in [0.2, 0.25) is 0 Å². The minimum Gasteiger partial charge on any atom is -0.457 e. The number of amides is 2. The number of anilines is 1. The van der Waals surface area contributed by atoms with Crippen LogP contribution in [-0.4, -0.2) is 23.0 Å². The molecule has 0 saturated heterocycles. The molecule has 9 heteroatoms. The average molecular weight is 404 g/mol. The van der Waals surface area contributed by atoms with Gasteiger partial charge in [-0.1, -0.05) is 30.3 Å². The smallest absolute Gasteiger partial charge is 0.329 e. The molecule has 3 aromatic rings. The van der Waals surface area contributed by atoms with Crippen molar-refractivity contribution < 1.29 is 19.2 Å². The molecule has 0 radical (unpaired) electrons. The highest BCUT2D eigenvalue weighted by Gasteiger charge is 2.13. The number of ether oxygens (including phenoxy) is 1. The number of carbonyl (C=O) groups excluding carboxylic acids is 2. The Kier molecular flexibility index (Phi) is 6.47.